The van der Waals surface area contributed by atoms with Crippen molar-refractivity contribution >= 4 is 0 Å². The Labute approximate surface area is 83.2 Å². The van der Waals surface area contributed by atoms with Crippen LogP contribution in [0.3, 0.4) is 0 Å². The molecule has 0 saturated carbocycles. The molecular weight excluding hydrogens is 181 g/mol. The molecule has 0 fully saturated rings. The topological polar surface area (TPSA) is 35.2 Å². The lowest BCUT2D eigenvalue weighted by atomic mass is 10.2. The number of rotatable bonds is 4. The van der Waals surface area contributed by atoms with Gasteiger partial charge >= 0.3 is 0 Å². The van der Waals surface area contributed by atoms with Crippen LogP contribution >= 0.6 is 0 Å². The van der Waals surface area contributed by atoms with Gasteiger partial charge in [-0.1, -0.05) is 6.58 Å². The first-order valence-corrected chi connectivity index (χ1v) is 4.39. The lowest BCUT2D eigenvalue weighted by Gasteiger charge is -2.09. The van der Waals surface area contributed by atoms with E-state index in [1.165, 1.54) is 12.1 Å². The van der Waals surface area contributed by atoms with E-state index in [2.05, 4.69) is 6.58 Å². The Hall–Kier alpha value is -1.35. The van der Waals surface area contributed by atoms with Crippen LogP contribution in [0.4, 0.5) is 4.39 Å². The summed E-state index contributed by atoms with van der Waals surface area (Å²) >= 11 is 0. The van der Waals surface area contributed by atoms with E-state index in [0.717, 1.165) is 11.1 Å². The Morgan fingerprint density at radius 3 is 2.86 bits per heavy atom. The highest BCUT2D eigenvalue weighted by molar-refractivity contribution is 5.32. The molecule has 0 radical (unpaired) electrons. The van der Waals surface area contributed by atoms with Crippen LogP contribution in [0.25, 0.3) is 0 Å². The van der Waals surface area contributed by atoms with Crippen LogP contribution < -0.4 is 10.5 Å². The predicted molar refractivity (Wildman–Crippen MR) is 54.8 cm³/mol. The molecule has 1 aromatic carbocycles. The van der Waals surface area contributed by atoms with Crippen molar-refractivity contribution in [2.45, 2.75) is 6.92 Å². The summed E-state index contributed by atoms with van der Waals surface area (Å²) in [7, 11) is 0. The quantitative estimate of drug-likeness (QED) is 0.746. The maximum absolute atomic E-state index is 12.7. The van der Waals surface area contributed by atoms with E-state index in [1.807, 2.05) is 0 Å². The number of aryl methyl sites for hydroxylation is 1. The van der Waals surface area contributed by atoms with Crippen LogP contribution in [0.5, 0.6) is 5.75 Å². The molecule has 0 amide bonds. The number of ether oxygens (including phenoxy) is 1. The molecule has 0 spiro atoms. The number of hydrogen-bond acceptors (Lipinski definition) is 2. The first-order valence-electron chi connectivity index (χ1n) is 4.39. The maximum atomic E-state index is 12.7. The summed E-state index contributed by atoms with van der Waals surface area (Å²) in [4.78, 5) is 0. The fourth-order valence-corrected chi connectivity index (χ4v) is 1.01. The van der Waals surface area contributed by atoms with Gasteiger partial charge in [0.25, 0.3) is 0 Å². The SMILES string of the molecule is C=C(CN)COc1ccc(F)cc1C. The summed E-state index contributed by atoms with van der Waals surface area (Å²) in [6, 6.07) is 4.41. The van der Waals surface area contributed by atoms with Gasteiger partial charge in [-0.15, -0.1) is 0 Å². The molecule has 3 heteroatoms. The molecule has 1 aromatic rings. The monoisotopic (exact) mass is 195 g/mol. The van der Waals surface area contributed by atoms with Gasteiger partial charge in [-0.25, -0.2) is 4.39 Å². The largest absolute Gasteiger partial charge is 0.489 e. The zero-order valence-corrected chi connectivity index (χ0v) is 8.22. The normalized spacial score (nSPS) is 9.93. The third kappa shape index (κ3) is 2.85. The third-order valence-corrected chi connectivity index (χ3v) is 1.86. The molecule has 76 valence electrons. The summed E-state index contributed by atoms with van der Waals surface area (Å²) in [5, 5.41) is 0. The second-order valence-corrected chi connectivity index (χ2v) is 3.15. The molecule has 2 N–H and O–H groups in total. The van der Waals surface area contributed by atoms with E-state index < -0.39 is 0 Å². The van der Waals surface area contributed by atoms with Crippen LogP contribution in [0, 0.1) is 12.7 Å². The van der Waals surface area contributed by atoms with Crippen molar-refractivity contribution in [1.29, 1.82) is 0 Å². The van der Waals surface area contributed by atoms with Gasteiger partial charge in [0, 0.05) is 6.54 Å². The highest BCUT2D eigenvalue weighted by Crippen LogP contribution is 2.18. The van der Waals surface area contributed by atoms with Gasteiger partial charge < -0.3 is 10.5 Å². The van der Waals surface area contributed by atoms with Crippen molar-refractivity contribution in [2.24, 2.45) is 5.73 Å². The zero-order valence-electron chi connectivity index (χ0n) is 8.22. The summed E-state index contributed by atoms with van der Waals surface area (Å²) in [6.07, 6.45) is 0. The molecular formula is C11H14FNO. The van der Waals surface area contributed by atoms with Gasteiger partial charge in [0.1, 0.15) is 18.2 Å². The number of benzene rings is 1. The highest BCUT2D eigenvalue weighted by Gasteiger charge is 2.01. The molecule has 0 aliphatic carbocycles. The van der Waals surface area contributed by atoms with E-state index in [9.17, 15) is 4.39 Å². The van der Waals surface area contributed by atoms with E-state index in [0.29, 0.717) is 18.9 Å². The lowest BCUT2D eigenvalue weighted by Crippen LogP contribution is -2.10. The molecule has 14 heavy (non-hydrogen) atoms. The first kappa shape index (κ1) is 10.7. The minimum absolute atomic E-state index is 0.257. The smallest absolute Gasteiger partial charge is 0.123 e. The molecule has 0 aromatic heterocycles. The van der Waals surface area contributed by atoms with Gasteiger partial charge in [-0.05, 0) is 36.3 Å². The van der Waals surface area contributed by atoms with E-state index in [4.69, 9.17) is 10.5 Å². The molecule has 2 nitrogen and oxygen atoms in total. The Kier molecular flexibility index (Phi) is 3.65. The molecule has 0 bridgehead atoms. The molecule has 0 unspecified atom stereocenters. The lowest BCUT2D eigenvalue weighted by molar-refractivity contribution is 0.347. The van der Waals surface area contributed by atoms with Gasteiger partial charge in [0.2, 0.25) is 0 Å². The Balaban J connectivity index is 2.63. The fraction of sp³-hybridized carbons (Fsp3) is 0.273. The van der Waals surface area contributed by atoms with E-state index in [1.54, 1.807) is 13.0 Å². The number of nitrogens with two attached hydrogens (primary N) is 1. The summed E-state index contributed by atoms with van der Waals surface area (Å²) in [5.41, 5.74) is 6.95. The van der Waals surface area contributed by atoms with Gasteiger partial charge in [-0.2, -0.15) is 0 Å². The molecule has 0 saturated heterocycles. The second-order valence-electron chi connectivity index (χ2n) is 3.15. The average Bonchev–Trinajstić information content (AvgIpc) is 2.16. The molecule has 0 atom stereocenters. The van der Waals surface area contributed by atoms with Crippen molar-refractivity contribution in [2.75, 3.05) is 13.2 Å². The Bertz CT molecular complexity index is 336. The second kappa shape index (κ2) is 4.77. The average molecular weight is 195 g/mol. The van der Waals surface area contributed by atoms with Crippen molar-refractivity contribution in [3.05, 3.63) is 41.7 Å². The van der Waals surface area contributed by atoms with Crippen molar-refractivity contribution in [1.82, 2.24) is 0 Å². The molecule has 0 aliphatic heterocycles. The van der Waals surface area contributed by atoms with Crippen molar-refractivity contribution in [3.8, 4) is 5.75 Å². The summed E-state index contributed by atoms with van der Waals surface area (Å²) in [5.74, 6) is 0.411. The summed E-state index contributed by atoms with van der Waals surface area (Å²) < 4.78 is 18.1. The van der Waals surface area contributed by atoms with E-state index in [-0.39, 0.29) is 5.82 Å². The van der Waals surface area contributed by atoms with E-state index >= 15 is 0 Å². The molecule has 0 heterocycles. The summed E-state index contributed by atoms with van der Waals surface area (Å²) in [6.45, 7) is 6.29. The van der Waals surface area contributed by atoms with Gasteiger partial charge in [0.15, 0.2) is 0 Å². The minimum atomic E-state index is -0.257. The minimum Gasteiger partial charge on any atom is -0.489 e. The predicted octanol–water partition coefficient (Wildman–Crippen LogP) is 2.03. The van der Waals surface area contributed by atoms with Gasteiger partial charge in [-0.3, -0.25) is 0 Å². The number of halogens is 1. The number of hydrogen-bond donors (Lipinski definition) is 1. The third-order valence-electron chi connectivity index (χ3n) is 1.86. The van der Waals surface area contributed by atoms with Crippen LogP contribution in [0.1, 0.15) is 5.56 Å². The maximum Gasteiger partial charge on any atom is 0.123 e. The van der Waals surface area contributed by atoms with Crippen LogP contribution in [-0.2, 0) is 0 Å². The van der Waals surface area contributed by atoms with Crippen molar-refractivity contribution in [3.63, 3.8) is 0 Å². The Morgan fingerprint density at radius 1 is 1.57 bits per heavy atom. The highest BCUT2D eigenvalue weighted by atomic mass is 19.1. The van der Waals surface area contributed by atoms with Gasteiger partial charge in [0.05, 0.1) is 0 Å². The van der Waals surface area contributed by atoms with Crippen LogP contribution in [0.15, 0.2) is 30.4 Å². The van der Waals surface area contributed by atoms with Crippen molar-refractivity contribution < 1.29 is 9.13 Å². The first-order chi connectivity index (χ1) is 6.63. The fourth-order valence-electron chi connectivity index (χ4n) is 1.01. The van der Waals surface area contributed by atoms with Crippen LogP contribution in [-0.4, -0.2) is 13.2 Å². The molecule has 0 aliphatic rings. The zero-order chi connectivity index (χ0) is 10.6. The van der Waals surface area contributed by atoms with Crippen LogP contribution in [0.2, 0.25) is 0 Å². The molecule has 1 rings (SSSR count). The standard InChI is InChI=1S/C11H14FNO/c1-8(6-13)7-14-11-4-3-10(12)5-9(11)2/h3-5H,1,6-7,13H2,2H3. The Morgan fingerprint density at radius 2 is 2.29 bits per heavy atom.